The van der Waals surface area contributed by atoms with Crippen LogP contribution in [-0.2, 0) is 19.7 Å². The van der Waals surface area contributed by atoms with E-state index in [4.69, 9.17) is 23.9 Å². The molecule has 32 heavy (non-hydrogen) atoms. The Hall–Kier alpha value is -1.75. The first-order chi connectivity index (χ1) is 15.1. The van der Waals surface area contributed by atoms with E-state index in [9.17, 15) is 4.79 Å². The third kappa shape index (κ3) is 5.41. The summed E-state index contributed by atoms with van der Waals surface area (Å²) in [6, 6.07) is 6.25. The Morgan fingerprint density at radius 1 is 1.22 bits per heavy atom. The van der Waals surface area contributed by atoms with Gasteiger partial charge in [-0.2, -0.15) is 0 Å². The highest BCUT2D eigenvalue weighted by atomic mass is 127. The lowest BCUT2D eigenvalue weighted by Crippen LogP contribution is -2.47. The number of carbonyl (C=O) groups is 1. The van der Waals surface area contributed by atoms with Gasteiger partial charge in [-0.25, -0.2) is 0 Å². The lowest BCUT2D eigenvalue weighted by atomic mass is 9.74. The van der Waals surface area contributed by atoms with Gasteiger partial charge in [0.05, 0.1) is 19.6 Å². The fraction of sp³-hybridized carbons (Fsp3) is 0.652. The van der Waals surface area contributed by atoms with Crippen molar-refractivity contribution in [3.05, 3.63) is 23.8 Å². The fourth-order valence-electron chi connectivity index (χ4n) is 4.67. The number of rotatable bonds is 5. The van der Waals surface area contributed by atoms with Gasteiger partial charge < -0.3 is 29.2 Å². The second-order valence-electron chi connectivity index (χ2n) is 8.42. The molecule has 0 atom stereocenters. The van der Waals surface area contributed by atoms with Crippen LogP contribution in [0.25, 0.3) is 0 Å². The van der Waals surface area contributed by atoms with Gasteiger partial charge in [0.2, 0.25) is 6.79 Å². The molecule has 1 aromatic carbocycles. The molecule has 2 fully saturated rings. The van der Waals surface area contributed by atoms with Crippen LogP contribution in [0.3, 0.4) is 0 Å². The van der Waals surface area contributed by atoms with E-state index in [-0.39, 0.29) is 48.1 Å². The maximum atomic E-state index is 11.9. The van der Waals surface area contributed by atoms with Gasteiger partial charge in [0, 0.05) is 38.3 Å². The molecule has 9 heteroatoms. The molecular formula is C23H34IN3O5. The summed E-state index contributed by atoms with van der Waals surface area (Å²) in [6.07, 6.45) is 3.41. The van der Waals surface area contributed by atoms with Crippen molar-refractivity contribution in [2.24, 2.45) is 10.9 Å². The molecule has 3 aliphatic rings. The number of hydrogen-bond donors (Lipinski definition) is 1. The average Bonchev–Trinajstić information content (AvgIpc) is 3.30. The summed E-state index contributed by atoms with van der Waals surface area (Å²) in [5.74, 6) is 2.41. The zero-order valence-electron chi connectivity index (χ0n) is 18.9. The monoisotopic (exact) mass is 559 g/mol. The summed E-state index contributed by atoms with van der Waals surface area (Å²) in [4.78, 5) is 19.2. The van der Waals surface area contributed by atoms with Crippen molar-refractivity contribution < 1.29 is 23.7 Å². The summed E-state index contributed by atoms with van der Waals surface area (Å²) in [5, 5.41) is 3.44. The molecule has 0 saturated carbocycles. The van der Waals surface area contributed by atoms with Gasteiger partial charge in [-0.15, -0.1) is 24.0 Å². The highest BCUT2D eigenvalue weighted by Gasteiger charge is 2.36. The van der Waals surface area contributed by atoms with Crippen molar-refractivity contribution in [3.8, 4) is 11.5 Å². The summed E-state index contributed by atoms with van der Waals surface area (Å²) >= 11 is 0. The van der Waals surface area contributed by atoms with E-state index in [1.807, 2.05) is 6.07 Å². The number of nitrogens with one attached hydrogen (secondary N) is 1. The number of methoxy groups -OCH3 is 1. The Bertz CT molecular complexity index is 805. The van der Waals surface area contributed by atoms with Gasteiger partial charge in [0.25, 0.3) is 0 Å². The van der Waals surface area contributed by atoms with Crippen molar-refractivity contribution in [2.45, 2.75) is 38.0 Å². The molecule has 0 amide bonds. The van der Waals surface area contributed by atoms with Gasteiger partial charge in [-0.3, -0.25) is 9.79 Å². The molecule has 1 aromatic rings. The molecule has 0 bridgehead atoms. The molecule has 8 nitrogen and oxygen atoms in total. The Labute approximate surface area is 207 Å². The Balaban J connectivity index is 0.00000289. The molecule has 0 aromatic heterocycles. The van der Waals surface area contributed by atoms with Gasteiger partial charge in [-0.1, -0.05) is 6.07 Å². The number of ether oxygens (including phenoxy) is 4. The molecule has 3 aliphatic heterocycles. The molecule has 3 heterocycles. The number of benzene rings is 1. The zero-order valence-corrected chi connectivity index (χ0v) is 21.3. The lowest BCUT2D eigenvalue weighted by molar-refractivity contribution is -0.146. The van der Waals surface area contributed by atoms with E-state index in [1.165, 1.54) is 12.7 Å². The molecule has 0 spiro atoms. The van der Waals surface area contributed by atoms with Crippen LogP contribution < -0.4 is 14.8 Å². The number of fused-ring (bicyclic) bond motifs is 1. The van der Waals surface area contributed by atoms with Crippen molar-refractivity contribution in [1.29, 1.82) is 0 Å². The number of carbonyl (C=O) groups excluding carboxylic acids is 1. The second kappa shape index (κ2) is 11.4. The van der Waals surface area contributed by atoms with Crippen LogP contribution in [-0.4, -0.2) is 70.1 Å². The minimum absolute atomic E-state index is 0. The van der Waals surface area contributed by atoms with Crippen LogP contribution in [0.15, 0.2) is 23.2 Å². The number of piperidine rings is 1. The largest absolute Gasteiger partial charge is 0.469 e. The van der Waals surface area contributed by atoms with Gasteiger partial charge in [-0.05, 0) is 50.3 Å². The topological polar surface area (TPSA) is 81.6 Å². The minimum atomic E-state index is -0.106. The van der Waals surface area contributed by atoms with E-state index < -0.39 is 0 Å². The second-order valence-corrected chi connectivity index (χ2v) is 8.42. The number of esters is 1. The first-order valence-corrected chi connectivity index (χ1v) is 11.2. The highest BCUT2D eigenvalue weighted by molar-refractivity contribution is 14.0. The van der Waals surface area contributed by atoms with Crippen LogP contribution in [0.4, 0.5) is 0 Å². The van der Waals surface area contributed by atoms with Gasteiger partial charge in [0.15, 0.2) is 17.5 Å². The molecule has 178 valence electrons. The van der Waals surface area contributed by atoms with Crippen molar-refractivity contribution in [1.82, 2.24) is 10.2 Å². The van der Waals surface area contributed by atoms with E-state index in [2.05, 4.69) is 29.3 Å². The Morgan fingerprint density at radius 2 is 1.94 bits per heavy atom. The molecule has 0 unspecified atom stereocenters. The smallest absolute Gasteiger partial charge is 0.308 e. The van der Waals surface area contributed by atoms with E-state index >= 15 is 0 Å². The number of nitrogens with zero attached hydrogens (tertiary/aromatic N) is 2. The zero-order chi connectivity index (χ0) is 21.7. The quantitative estimate of drug-likeness (QED) is 0.257. The third-order valence-corrected chi connectivity index (χ3v) is 6.63. The van der Waals surface area contributed by atoms with E-state index in [1.54, 1.807) is 0 Å². The van der Waals surface area contributed by atoms with Crippen LogP contribution in [0, 0.1) is 5.92 Å². The van der Waals surface area contributed by atoms with Crippen molar-refractivity contribution in [2.75, 3.05) is 53.3 Å². The van der Waals surface area contributed by atoms with Crippen molar-refractivity contribution in [3.63, 3.8) is 0 Å². The number of guanidine groups is 1. The maximum absolute atomic E-state index is 11.9. The van der Waals surface area contributed by atoms with Crippen LogP contribution in [0.5, 0.6) is 11.5 Å². The predicted molar refractivity (Wildman–Crippen MR) is 132 cm³/mol. The molecule has 0 aliphatic carbocycles. The molecular weight excluding hydrogens is 525 g/mol. The average molecular weight is 559 g/mol. The molecule has 0 radical (unpaired) electrons. The SMILES string of the molecule is CCNC(=NCC1(c2ccc3c(c2)OCO3)CCOCC1)N1CCC(C(=O)OC)CC1.I. The van der Waals surface area contributed by atoms with Crippen molar-refractivity contribution >= 4 is 35.9 Å². The Morgan fingerprint density at radius 3 is 2.62 bits per heavy atom. The number of halogens is 1. The fourth-order valence-corrected chi connectivity index (χ4v) is 4.67. The third-order valence-electron chi connectivity index (χ3n) is 6.63. The number of likely N-dealkylation sites (tertiary alicyclic amines) is 1. The predicted octanol–water partition coefficient (Wildman–Crippen LogP) is 2.93. The molecule has 1 N–H and O–H groups in total. The van der Waals surface area contributed by atoms with Gasteiger partial charge >= 0.3 is 5.97 Å². The van der Waals surface area contributed by atoms with Crippen LogP contribution in [0.2, 0.25) is 0 Å². The van der Waals surface area contributed by atoms with E-state index in [0.717, 1.165) is 76.0 Å². The summed E-state index contributed by atoms with van der Waals surface area (Å²) in [5.41, 5.74) is 1.13. The standard InChI is InChI=1S/C23H33N3O5.HI/c1-3-24-22(26-10-6-17(7-11-26)21(27)28-2)25-15-23(8-12-29-13-9-23)18-4-5-19-20(14-18)31-16-30-19;/h4-5,14,17H,3,6-13,15-16H2,1-2H3,(H,24,25);1H. The number of hydrogen-bond acceptors (Lipinski definition) is 6. The van der Waals surface area contributed by atoms with Crippen LogP contribution in [0.1, 0.15) is 38.2 Å². The molecule has 2 saturated heterocycles. The lowest BCUT2D eigenvalue weighted by Gasteiger charge is -2.38. The Kier molecular flexibility index (Phi) is 8.87. The molecule has 4 rings (SSSR count). The normalized spacial score (nSPS) is 20.4. The van der Waals surface area contributed by atoms with Crippen LogP contribution >= 0.6 is 24.0 Å². The van der Waals surface area contributed by atoms with Gasteiger partial charge in [0.1, 0.15) is 0 Å². The van der Waals surface area contributed by atoms with E-state index in [0.29, 0.717) is 6.54 Å². The summed E-state index contributed by atoms with van der Waals surface area (Å²) < 4.78 is 21.7. The first kappa shape index (κ1) is 24.9. The minimum Gasteiger partial charge on any atom is -0.469 e. The summed E-state index contributed by atoms with van der Waals surface area (Å²) in [6.45, 7) is 6.89. The highest BCUT2D eigenvalue weighted by Crippen LogP contribution is 2.41. The summed E-state index contributed by atoms with van der Waals surface area (Å²) in [7, 11) is 1.46. The maximum Gasteiger partial charge on any atom is 0.308 e. The first-order valence-electron chi connectivity index (χ1n) is 11.2. The number of aliphatic imine (C=N–C) groups is 1.